The fourth-order valence-corrected chi connectivity index (χ4v) is 6.08. The number of pyridine rings is 1. The van der Waals surface area contributed by atoms with Crippen LogP contribution < -0.4 is 4.90 Å². The fraction of sp³-hybridized carbons (Fsp3) is 0.0323. The van der Waals surface area contributed by atoms with Crippen LogP contribution in [-0.4, -0.2) is 15.9 Å². The number of fused-ring (bicyclic) bond motifs is 4. The van der Waals surface area contributed by atoms with Gasteiger partial charge in [0.15, 0.2) is 5.78 Å². The number of hydrogen-bond acceptors (Lipinski definition) is 5. The second-order valence-electron chi connectivity index (χ2n) is 8.94. The number of carbonyl (C=O) groups is 1. The van der Waals surface area contributed by atoms with Crippen molar-refractivity contribution in [2.24, 2.45) is 0 Å². The number of ketones is 1. The van der Waals surface area contributed by atoms with Crippen LogP contribution in [0.5, 0.6) is 0 Å². The minimum atomic E-state index is -0.949. The topological polar surface area (TPSA) is 53.4 Å². The van der Waals surface area contributed by atoms with Crippen LogP contribution in [0.15, 0.2) is 119 Å². The average molecular weight is 485 g/mol. The van der Waals surface area contributed by atoms with Crippen molar-refractivity contribution < 1.29 is 9.90 Å². The summed E-state index contributed by atoms with van der Waals surface area (Å²) in [7, 11) is 0. The molecule has 2 aliphatic rings. The number of aromatic nitrogens is 1. The SMILES string of the molecule is O=C1/C(=C/c2ccc(N3c4ccccc4Sc4ccccc43)nc2)C(O)c2cc3ccccc3cc21. The van der Waals surface area contributed by atoms with Crippen LogP contribution in [0.1, 0.15) is 27.6 Å². The molecule has 1 aliphatic carbocycles. The van der Waals surface area contributed by atoms with Crippen LogP contribution in [0.25, 0.3) is 16.8 Å². The Morgan fingerprint density at radius 2 is 1.44 bits per heavy atom. The second-order valence-corrected chi connectivity index (χ2v) is 10.0. The number of nitrogens with zero attached hydrogens (tertiary/aromatic N) is 2. The number of hydrogen-bond donors (Lipinski definition) is 1. The molecule has 0 bridgehead atoms. The molecule has 0 spiro atoms. The molecule has 1 N–H and O–H groups in total. The highest BCUT2D eigenvalue weighted by Gasteiger charge is 2.33. The van der Waals surface area contributed by atoms with Gasteiger partial charge in [0.2, 0.25) is 0 Å². The van der Waals surface area contributed by atoms with Gasteiger partial charge in [-0.05, 0) is 76.5 Å². The van der Waals surface area contributed by atoms with E-state index in [4.69, 9.17) is 4.98 Å². The van der Waals surface area contributed by atoms with Crippen LogP contribution >= 0.6 is 11.8 Å². The minimum absolute atomic E-state index is 0.136. The molecule has 5 heteroatoms. The Balaban J connectivity index is 1.26. The molecule has 4 nitrogen and oxygen atoms in total. The van der Waals surface area contributed by atoms with Crippen LogP contribution in [-0.2, 0) is 0 Å². The second kappa shape index (κ2) is 8.19. The number of anilines is 3. The monoisotopic (exact) mass is 484 g/mol. The van der Waals surface area contributed by atoms with Crippen molar-refractivity contribution in [1.29, 1.82) is 0 Å². The predicted octanol–water partition coefficient (Wildman–Crippen LogP) is 7.48. The van der Waals surface area contributed by atoms with E-state index in [1.807, 2.05) is 72.8 Å². The molecule has 0 saturated heterocycles. The van der Waals surface area contributed by atoms with E-state index in [1.165, 1.54) is 9.79 Å². The zero-order valence-corrected chi connectivity index (χ0v) is 19.9. The summed E-state index contributed by atoms with van der Waals surface area (Å²) < 4.78 is 0. The van der Waals surface area contributed by atoms with Crippen LogP contribution in [0, 0.1) is 0 Å². The zero-order valence-electron chi connectivity index (χ0n) is 19.1. The van der Waals surface area contributed by atoms with Crippen molar-refractivity contribution in [2.45, 2.75) is 15.9 Å². The van der Waals surface area contributed by atoms with Gasteiger partial charge in [0.25, 0.3) is 0 Å². The summed E-state index contributed by atoms with van der Waals surface area (Å²) in [5.74, 6) is 0.661. The molecule has 1 aromatic heterocycles. The van der Waals surface area contributed by atoms with Gasteiger partial charge in [-0.25, -0.2) is 4.98 Å². The lowest BCUT2D eigenvalue weighted by Crippen LogP contribution is -2.15. The molecule has 1 aliphatic heterocycles. The summed E-state index contributed by atoms with van der Waals surface area (Å²) in [6, 6.07) is 32.2. The fourth-order valence-electron chi connectivity index (χ4n) is 5.02. The predicted molar refractivity (Wildman–Crippen MR) is 144 cm³/mol. The van der Waals surface area contributed by atoms with Crippen molar-refractivity contribution in [3.8, 4) is 0 Å². The summed E-state index contributed by atoms with van der Waals surface area (Å²) in [5, 5.41) is 13.0. The molecule has 5 aromatic rings. The maximum Gasteiger partial charge on any atom is 0.192 e. The Hall–Kier alpha value is -4.19. The van der Waals surface area contributed by atoms with Gasteiger partial charge in [-0.1, -0.05) is 60.3 Å². The molecule has 2 heterocycles. The molecule has 1 atom stereocenters. The molecule has 7 rings (SSSR count). The first-order valence-electron chi connectivity index (χ1n) is 11.8. The highest BCUT2D eigenvalue weighted by Crippen LogP contribution is 2.50. The van der Waals surface area contributed by atoms with Gasteiger partial charge in [0.05, 0.1) is 11.4 Å². The molecule has 0 radical (unpaired) electrons. The van der Waals surface area contributed by atoms with E-state index in [0.717, 1.165) is 33.5 Å². The molecule has 1 unspecified atom stereocenters. The van der Waals surface area contributed by atoms with E-state index < -0.39 is 6.10 Å². The van der Waals surface area contributed by atoms with E-state index in [2.05, 4.69) is 29.2 Å². The minimum Gasteiger partial charge on any atom is -0.383 e. The highest BCUT2D eigenvalue weighted by atomic mass is 32.2. The van der Waals surface area contributed by atoms with E-state index in [1.54, 1.807) is 24.0 Å². The zero-order chi connectivity index (χ0) is 24.2. The summed E-state index contributed by atoms with van der Waals surface area (Å²) in [5.41, 5.74) is 4.54. The van der Waals surface area contributed by atoms with E-state index in [0.29, 0.717) is 16.7 Å². The molecular weight excluding hydrogens is 464 g/mol. The van der Waals surface area contributed by atoms with Gasteiger partial charge >= 0.3 is 0 Å². The van der Waals surface area contributed by atoms with E-state index in [9.17, 15) is 9.90 Å². The largest absolute Gasteiger partial charge is 0.383 e. The lowest BCUT2D eigenvalue weighted by atomic mass is 10.0. The summed E-state index contributed by atoms with van der Waals surface area (Å²) >= 11 is 1.76. The smallest absolute Gasteiger partial charge is 0.192 e. The van der Waals surface area contributed by atoms with Crippen LogP contribution in [0.4, 0.5) is 17.2 Å². The quantitative estimate of drug-likeness (QED) is 0.258. The van der Waals surface area contributed by atoms with E-state index in [-0.39, 0.29) is 5.78 Å². The first-order valence-corrected chi connectivity index (χ1v) is 12.6. The van der Waals surface area contributed by atoms with Gasteiger partial charge in [-0.15, -0.1) is 0 Å². The van der Waals surface area contributed by atoms with Crippen molar-refractivity contribution >= 4 is 51.6 Å². The molecule has 0 fully saturated rings. The van der Waals surface area contributed by atoms with Gasteiger partial charge in [0, 0.05) is 27.1 Å². The standard InChI is InChI=1S/C31H20N2O2S/c34-30-22-16-20-7-1-2-8-21(20)17-23(22)31(35)24(30)15-19-13-14-29(32-18-19)33-25-9-3-5-11-27(25)36-28-12-6-4-10-26(28)33/h1-18,30,34H/b24-15+. The number of Topliss-reactive ketones (excluding diaryl/α,β-unsaturated/α-hetero) is 1. The molecule has 4 aromatic carbocycles. The Kier molecular flexibility index (Phi) is 4.81. The Bertz CT molecular complexity index is 1660. The van der Waals surface area contributed by atoms with Gasteiger partial charge in [-0.3, -0.25) is 9.69 Å². The van der Waals surface area contributed by atoms with Crippen molar-refractivity contribution in [2.75, 3.05) is 4.90 Å². The van der Waals surface area contributed by atoms with Gasteiger partial charge in [0.1, 0.15) is 11.9 Å². The van der Waals surface area contributed by atoms with Crippen LogP contribution in [0.3, 0.4) is 0 Å². The number of rotatable bonds is 2. The molecule has 0 saturated carbocycles. The number of aliphatic hydroxyl groups excluding tert-OH is 1. The highest BCUT2D eigenvalue weighted by molar-refractivity contribution is 7.99. The first-order chi connectivity index (χ1) is 17.7. The Morgan fingerprint density at radius 1 is 0.806 bits per heavy atom. The number of carbonyl (C=O) groups excluding carboxylic acids is 1. The summed E-state index contributed by atoms with van der Waals surface area (Å²) in [6.07, 6.45) is 2.56. The van der Waals surface area contributed by atoms with Crippen LogP contribution in [0.2, 0.25) is 0 Å². The Morgan fingerprint density at radius 3 is 2.11 bits per heavy atom. The maximum absolute atomic E-state index is 13.2. The molecular formula is C31H20N2O2S. The average Bonchev–Trinajstić information content (AvgIpc) is 3.15. The molecule has 172 valence electrons. The Labute approximate surface area is 212 Å². The molecule has 0 amide bonds. The number of aliphatic hydroxyl groups is 1. The first kappa shape index (κ1) is 21.1. The third-order valence-electron chi connectivity index (χ3n) is 6.77. The van der Waals surface area contributed by atoms with Crippen molar-refractivity contribution in [3.63, 3.8) is 0 Å². The normalized spacial score (nSPS) is 17.2. The third-order valence-corrected chi connectivity index (χ3v) is 7.90. The number of para-hydroxylation sites is 2. The van der Waals surface area contributed by atoms with E-state index >= 15 is 0 Å². The van der Waals surface area contributed by atoms with Crippen molar-refractivity contribution in [3.05, 3.63) is 126 Å². The summed E-state index contributed by atoms with van der Waals surface area (Å²) in [6.45, 7) is 0. The molecule has 36 heavy (non-hydrogen) atoms. The summed E-state index contributed by atoms with van der Waals surface area (Å²) in [4.78, 5) is 22.5. The lowest BCUT2D eigenvalue weighted by Gasteiger charge is -2.31. The van der Waals surface area contributed by atoms with Crippen molar-refractivity contribution in [1.82, 2.24) is 4.98 Å². The number of benzene rings is 4. The lowest BCUT2D eigenvalue weighted by molar-refractivity contribution is 0.102. The third kappa shape index (κ3) is 3.28. The van der Waals surface area contributed by atoms with Gasteiger partial charge < -0.3 is 5.11 Å². The maximum atomic E-state index is 13.2. The van der Waals surface area contributed by atoms with Gasteiger partial charge in [-0.2, -0.15) is 0 Å².